The summed E-state index contributed by atoms with van der Waals surface area (Å²) < 4.78 is 11.2. The van der Waals surface area contributed by atoms with Crippen LogP contribution in [0.3, 0.4) is 0 Å². The van der Waals surface area contributed by atoms with Gasteiger partial charge in [0.25, 0.3) is 5.91 Å². The molecule has 0 aliphatic carbocycles. The van der Waals surface area contributed by atoms with Crippen molar-refractivity contribution in [1.82, 2.24) is 5.32 Å². The quantitative estimate of drug-likeness (QED) is 0.759. The minimum absolute atomic E-state index is 0.132. The van der Waals surface area contributed by atoms with Crippen molar-refractivity contribution in [3.05, 3.63) is 54.6 Å². The van der Waals surface area contributed by atoms with Crippen molar-refractivity contribution in [3.63, 3.8) is 0 Å². The van der Waals surface area contributed by atoms with Gasteiger partial charge in [0.05, 0.1) is 18.8 Å². The van der Waals surface area contributed by atoms with Crippen LogP contribution in [-0.2, 0) is 9.59 Å². The third-order valence-corrected chi connectivity index (χ3v) is 3.75. The van der Waals surface area contributed by atoms with Gasteiger partial charge in [-0.3, -0.25) is 9.59 Å². The first-order valence-electron chi connectivity index (χ1n) is 8.23. The van der Waals surface area contributed by atoms with E-state index in [2.05, 4.69) is 10.6 Å². The standard InChI is InChI=1S/C19H20N2O4/c22-18(11-6-12-24-14-7-2-1-3-8-14)20-13-17-19(23)21-15-9-4-5-10-16(15)25-17/h1-5,7-10,17H,6,11-13H2,(H,20,22)(H,21,23). The molecule has 6 nitrogen and oxygen atoms in total. The van der Waals surface area contributed by atoms with Gasteiger partial charge in [-0.25, -0.2) is 0 Å². The smallest absolute Gasteiger partial charge is 0.267 e. The van der Waals surface area contributed by atoms with Gasteiger partial charge in [0.15, 0.2) is 6.10 Å². The SMILES string of the molecule is O=C(CCCOc1ccccc1)NCC1Oc2ccccc2NC1=O. The van der Waals surface area contributed by atoms with E-state index in [1.807, 2.05) is 42.5 Å². The number of carbonyl (C=O) groups is 2. The topological polar surface area (TPSA) is 76.7 Å². The summed E-state index contributed by atoms with van der Waals surface area (Å²) in [5.41, 5.74) is 0.646. The first-order valence-corrected chi connectivity index (χ1v) is 8.23. The number of amides is 2. The Hall–Kier alpha value is -3.02. The second-order valence-corrected chi connectivity index (χ2v) is 5.66. The fourth-order valence-corrected chi connectivity index (χ4v) is 2.46. The van der Waals surface area contributed by atoms with E-state index in [-0.39, 0.29) is 18.4 Å². The van der Waals surface area contributed by atoms with Crippen LogP contribution in [0.25, 0.3) is 0 Å². The Morgan fingerprint density at radius 2 is 1.88 bits per heavy atom. The van der Waals surface area contributed by atoms with Crippen molar-refractivity contribution >= 4 is 17.5 Å². The summed E-state index contributed by atoms with van der Waals surface area (Å²) in [4.78, 5) is 23.9. The van der Waals surface area contributed by atoms with E-state index in [9.17, 15) is 9.59 Å². The van der Waals surface area contributed by atoms with E-state index in [4.69, 9.17) is 9.47 Å². The van der Waals surface area contributed by atoms with Crippen LogP contribution >= 0.6 is 0 Å². The van der Waals surface area contributed by atoms with Crippen molar-refractivity contribution in [2.45, 2.75) is 18.9 Å². The minimum atomic E-state index is -0.723. The summed E-state index contributed by atoms with van der Waals surface area (Å²) in [5, 5.41) is 5.50. The van der Waals surface area contributed by atoms with Crippen molar-refractivity contribution in [2.75, 3.05) is 18.5 Å². The van der Waals surface area contributed by atoms with Crippen LogP contribution in [0, 0.1) is 0 Å². The van der Waals surface area contributed by atoms with Gasteiger partial charge in [-0.15, -0.1) is 0 Å². The maximum atomic E-state index is 12.0. The Morgan fingerprint density at radius 1 is 1.12 bits per heavy atom. The molecule has 2 aromatic rings. The highest BCUT2D eigenvalue weighted by Crippen LogP contribution is 2.28. The Labute approximate surface area is 146 Å². The zero-order valence-corrected chi connectivity index (χ0v) is 13.7. The number of rotatable bonds is 7. The van der Waals surface area contributed by atoms with Crippen molar-refractivity contribution < 1.29 is 19.1 Å². The van der Waals surface area contributed by atoms with E-state index in [0.717, 1.165) is 5.75 Å². The molecule has 1 atom stereocenters. The summed E-state index contributed by atoms with van der Waals surface area (Å²) in [7, 11) is 0. The number of fused-ring (bicyclic) bond motifs is 1. The molecule has 1 unspecified atom stereocenters. The molecule has 0 fully saturated rings. The molecule has 0 bridgehead atoms. The lowest BCUT2D eigenvalue weighted by Crippen LogP contribution is -2.45. The lowest BCUT2D eigenvalue weighted by Gasteiger charge is -2.25. The number of benzene rings is 2. The van der Waals surface area contributed by atoms with Crippen LogP contribution in [0.15, 0.2) is 54.6 Å². The second kappa shape index (κ2) is 8.19. The first-order chi connectivity index (χ1) is 12.2. The van der Waals surface area contributed by atoms with Crippen LogP contribution < -0.4 is 20.1 Å². The van der Waals surface area contributed by atoms with Gasteiger partial charge in [0.1, 0.15) is 11.5 Å². The van der Waals surface area contributed by atoms with Crippen LogP contribution in [0.2, 0.25) is 0 Å². The molecule has 0 saturated heterocycles. The molecule has 0 spiro atoms. The predicted octanol–water partition coefficient (Wildman–Crippen LogP) is 2.36. The van der Waals surface area contributed by atoms with E-state index < -0.39 is 6.10 Å². The fraction of sp³-hybridized carbons (Fsp3) is 0.263. The summed E-state index contributed by atoms with van der Waals surface area (Å²) in [6.45, 7) is 0.601. The van der Waals surface area contributed by atoms with E-state index in [0.29, 0.717) is 30.9 Å². The lowest BCUT2D eigenvalue weighted by atomic mass is 10.2. The molecule has 1 heterocycles. The average molecular weight is 340 g/mol. The first kappa shape index (κ1) is 16.8. The highest BCUT2D eigenvalue weighted by molar-refractivity contribution is 5.98. The average Bonchev–Trinajstić information content (AvgIpc) is 2.64. The predicted molar refractivity (Wildman–Crippen MR) is 93.7 cm³/mol. The van der Waals surface area contributed by atoms with Gasteiger partial charge in [-0.1, -0.05) is 30.3 Å². The van der Waals surface area contributed by atoms with Crippen LogP contribution in [-0.4, -0.2) is 31.1 Å². The van der Waals surface area contributed by atoms with Crippen molar-refractivity contribution in [1.29, 1.82) is 0 Å². The van der Waals surface area contributed by atoms with Gasteiger partial charge in [-0.2, -0.15) is 0 Å². The molecule has 2 aromatic carbocycles. The second-order valence-electron chi connectivity index (χ2n) is 5.66. The molecule has 1 aliphatic heterocycles. The van der Waals surface area contributed by atoms with E-state index >= 15 is 0 Å². The third-order valence-electron chi connectivity index (χ3n) is 3.75. The number of nitrogens with one attached hydrogen (secondary N) is 2. The zero-order chi connectivity index (χ0) is 17.5. The Kier molecular flexibility index (Phi) is 5.51. The molecular weight excluding hydrogens is 320 g/mol. The maximum absolute atomic E-state index is 12.0. The van der Waals surface area contributed by atoms with Gasteiger partial charge in [0.2, 0.25) is 5.91 Å². The Morgan fingerprint density at radius 3 is 2.72 bits per heavy atom. The van der Waals surface area contributed by atoms with E-state index in [1.165, 1.54) is 0 Å². The number of carbonyl (C=O) groups excluding carboxylic acids is 2. The summed E-state index contributed by atoms with van der Waals surface area (Å²) >= 11 is 0. The number of ether oxygens (including phenoxy) is 2. The van der Waals surface area contributed by atoms with Gasteiger partial charge >= 0.3 is 0 Å². The van der Waals surface area contributed by atoms with Crippen LogP contribution in [0.5, 0.6) is 11.5 Å². The number of hydrogen-bond donors (Lipinski definition) is 2. The molecule has 2 amide bonds. The van der Waals surface area contributed by atoms with Gasteiger partial charge < -0.3 is 20.1 Å². The lowest BCUT2D eigenvalue weighted by molar-refractivity contribution is -0.125. The van der Waals surface area contributed by atoms with Crippen LogP contribution in [0.4, 0.5) is 5.69 Å². The largest absolute Gasteiger partial charge is 0.494 e. The molecule has 2 N–H and O–H groups in total. The van der Waals surface area contributed by atoms with Crippen LogP contribution in [0.1, 0.15) is 12.8 Å². The van der Waals surface area contributed by atoms with Gasteiger partial charge in [-0.05, 0) is 30.7 Å². The molecule has 0 aromatic heterocycles. The normalized spacial score (nSPS) is 15.5. The fourth-order valence-electron chi connectivity index (χ4n) is 2.46. The highest BCUT2D eigenvalue weighted by atomic mass is 16.5. The molecule has 25 heavy (non-hydrogen) atoms. The highest BCUT2D eigenvalue weighted by Gasteiger charge is 2.27. The number of hydrogen-bond acceptors (Lipinski definition) is 4. The Balaban J connectivity index is 1.37. The molecular formula is C19H20N2O4. The minimum Gasteiger partial charge on any atom is -0.494 e. The maximum Gasteiger partial charge on any atom is 0.267 e. The van der Waals surface area contributed by atoms with E-state index in [1.54, 1.807) is 12.1 Å². The van der Waals surface area contributed by atoms with Crippen molar-refractivity contribution in [2.24, 2.45) is 0 Å². The van der Waals surface area contributed by atoms with Crippen molar-refractivity contribution in [3.8, 4) is 11.5 Å². The number of para-hydroxylation sites is 3. The third kappa shape index (κ3) is 4.73. The molecule has 3 rings (SSSR count). The zero-order valence-electron chi connectivity index (χ0n) is 13.7. The van der Waals surface area contributed by atoms with Gasteiger partial charge in [0, 0.05) is 6.42 Å². The molecule has 1 aliphatic rings. The summed E-state index contributed by atoms with van der Waals surface area (Å²) in [6, 6.07) is 16.7. The Bertz CT molecular complexity index is 733. The summed E-state index contributed by atoms with van der Waals surface area (Å²) in [5.74, 6) is 1.00. The summed E-state index contributed by atoms with van der Waals surface area (Å²) in [6.07, 6.45) is 0.207. The molecule has 6 heteroatoms. The monoisotopic (exact) mass is 340 g/mol. The molecule has 0 radical (unpaired) electrons. The number of anilines is 1. The molecule has 130 valence electrons. The molecule has 0 saturated carbocycles.